The van der Waals surface area contributed by atoms with Gasteiger partial charge in [-0.05, 0) is 72.8 Å². The Morgan fingerprint density at radius 2 is 1.71 bits per heavy atom. The highest BCUT2D eigenvalue weighted by Crippen LogP contribution is 2.36. The summed E-state index contributed by atoms with van der Waals surface area (Å²) < 4.78 is 18.5. The number of aliphatic hydroxyl groups excluding tert-OH is 2. The Kier molecular flexibility index (Phi) is 13.6. The molecule has 0 aliphatic carbocycles. The minimum Gasteiger partial charge on any atom is -0.488 e. The zero-order valence-electron chi connectivity index (χ0n) is 29.7. The van der Waals surface area contributed by atoms with Crippen LogP contribution in [-0.2, 0) is 35.9 Å². The number of likely N-dealkylation sites (tertiary alicyclic amines) is 1. The van der Waals surface area contributed by atoms with Crippen LogP contribution < -0.4 is 9.47 Å². The molecule has 0 bridgehead atoms. The lowest BCUT2D eigenvalue weighted by Crippen LogP contribution is -2.40. The van der Waals surface area contributed by atoms with Gasteiger partial charge in [0.05, 0.1) is 36.5 Å². The molecule has 1 aliphatic rings. The monoisotopic (exact) mass is 728 g/mol. The Bertz CT molecular complexity index is 1900. The Balaban J connectivity index is 1.32. The summed E-state index contributed by atoms with van der Waals surface area (Å²) in [6, 6.07) is 18.4. The van der Waals surface area contributed by atoms with E-state index in [9.17, 15) is 25.4 Å². The van der Waals surface area contributed by atoms with E-state index in [1.807, 2.05) is 18.2 Å². The molecule has 3 aromatic carbocycles. The number of ether oxygens (including phenoxy) is 3. The number of carbonyl (C=O) groups is 1. The molecule has 1 saturated heterocycles. The number of hydrogen-bond acceptors (Lipinski definition) is 10. The summed E-state index contributed by atoms with van der Waals surface area (Å²) in [5, 5.41) is 38.6. The molecule has 1 fully saturated rings. The van der Waals surface area contributed by atoms with Gasteiger partial charge in [0, 0.05) is 55.8 Å². The first-order valence-electron chi connectivity index (χ1n) is 17.2. The zero-order chi connectivity index (χ0) is 37.2. The summed E-state index contributed by atoms with van der Waals surface area (Å²) in [6.45, 7) is 7.58. The molecule has 0 amide bonds. The van der Waals surface area contributed by atoms with Gasteiger partial charge in [0.1, 0.15) is 36.8 Å². The molecule has 0 spiro atoms. The first kappa shape index (κ1) is 38.7. The number of β-amino-alcohol motifs (C(OH)–C–C–N with tert-alkyl or cyclic N) is 1. The van der Waals surface area contributed by atoms with Crippen molar-refractivity contribution >= 4 is 17.6 Å². The molecule has 1 aromatic heterocycles. The van der Waals surface area contributed by atoms with Gasteiger partial charge in [-0.2, -0.15) is 5.26 Å². The normalized spacial score (nSPS) is 15.1. The fourth-order valence-electron chi connectivity index (χ4n) is 6.33. The minimum absolute atomic E-state index is 0.0931. The lowest BCUT2D eigenvalue weighted by Gasteiger charge is -2.24. The molecule has 274 valence electrons. The maximum atomic E-state index is 11.7. The summed E-state index contributed by atoms with van der Waals surface area (Å²) in [5.41, 5.74) is 8.17. The summed E-state index contributed by atoms with van der Waals surface area (Å²) in [7, 11) is 1.60. The van der Waals surface area contributed by atoms with Crippen LogP contribution in [0, 0.1) is 25.2 Å². The number of aromatic nitrogens is 1. The average molecular weight is 729 g/mol. The minimum atomic E-state index is -1.15. The van der Waals surface area contributed by atoms with Gasteiger partial charge in [0.2, 0.25) is 0 Å². The molecule has 0 radical (unpaired) electrons. The van der Waals surface area contributed by atoms with Gasteiger partial charge >= 0.3 is 5.97 Å². The van der Waals surface area contributed by atoms with Crippen molar-refractivity contribution in [1.82, 2.24) is 14.8 Å². The number of carboxylic acid groups (broad SMARTS) is 1. The summed E-state index contributed by atoms with van der Waals surface area (Å²) >= 11 is 6.75. The molecule has 0 unspecified atom stereocenters. The van der Waals surface area contributed by atoms with E-state index in [1.165, 1.54) is 11.1 Å². The van der Waals surface area contributed by atoms with E-state index in [0.29, 0.717) is 53.0 Å². The van der Waals surface area contributed by atoms with E-state index in [2.05, 4.69) is 48.0 Å². The van der Waals surface area contributed by atoms with Gasteiger partial charge in [0.15, 0.2) is 0 Å². The molecule has 2 heterocycles. The highest BCUT2D eigenvalue weighted by molar-refractivity contribution is 6.32. The van der Waals surface area contributed by atoms with Gasteiger partial charge in [-0.1, -0.05) is 48.0 Å². The number of halogens is 1. The standard InChI is InChI=1S/C40H45ClN4O7/c1-26-30(24-50-13-12-45-11-10-33(47)21-45)6-4-8-34(26)35-9-5-7-31(27(35)2)25-52-39-16-38(51-23-29-14-28(17-42)18-43-19-29)32(15-36(39)41)20-44(3)37(22-46)40(48)49/h4-9,14-16,18-19,33,37,46-47H,10-13,20-25H2,1-3H3,(H,48,49)/t33-,37+/m1/s1. The van der Waals surface area contributed by atoms with E-state index in [-0.39, 0.29) is 25.9 Å². The molecule has 0 saturated carbocycles. The summed E-state index contributed by atoms with van der Waals surface area (Å²) in [6.07, 6.45) is 3.65. The van der Waals surface area contributed by atoms with E-state index < -0.39 is 18.6 Å². The smallest absolute Gasteiger partial charge is 0.323 e. The lowest BCUT2D eigenvalue weighted by atomic mass is 9.92. The zero-order valence-corrected chi connectivity index (χ0v) is 30.5. The van der Waals surface area contributed by atoms with E-state index in [1.54, 1.807) is 31.4 Å². The summed E-state index contributed by atoms with van der Waals surface area (Å²) in [5.74, 6) is -0.359. The van der Waals surface area contributed by atoms with Crippen molar-refractivity contribution in [2.75, 3.05) is 39.9 Å². The number of aliphatic carboxylic acids is 1. The Hall–Kier alpha value is -4.54. The number of nitrogens with zero attached hydrogens (tertiary/aromatic N) is 4. The Morgan fingerprint density at radius 3 is 2.35 bits per heavy atom. The predicted octanol–water partition coefficient (Wildman–Crippen LogP) is 5.51. The number of rotatable bonds is 17. The third-order valence-electron chi connectivity index (χ3n) is 9.47. The van der Waals surface area contributed by atoms with Crippen molar-refractivity contribution in [3.05, 3.63) is 111 Å². The molecule has 4 aromatic rings. The molecule has 11 nitrogen and oxygen atoms in total. The van der Waals surface area contributed by atoms with Crippen molar-refractivity contribution in [2.45, 2.75) is 58.8 Å². The van der Waals surface area contributed by atoms with Gasteiger partial charge in [-0.3, -0.25) is 19.6 Å². The van der Waals surface area contributed by atoms with Crippen LogP contribution in [0.15, 0.2) is 67.0 Å². The molecule has 5 rings (SSSR count). The number of hydrogen-bond donors (Lipinski definition) is 3. The maximum Gasteiger partial charge on any atom is 0.323 e. The van der Waals surface area contributed by atoms with Crippen LogP contribution in [0.2, 0.25) is 5.02 Å². The SMILES string of the molecule is Cc1c(COCCN2CC[C@@H](O)C2)cccc1-c1cccc(COc2cc(OCc3cncc(C#N)c3)c(CN(C)[C@@H](CO)C(=O)O)cc2Cl)c1C. The van der Waals surface area contributed by atoms with E-state index >= 15 is 0 Å². The Labute approximate surface area is 309 Å². The van der Waals surface area contributed by atoms with Crippen LogP contribution >= 0.6 is 11.6 Å². The topological polar surface area (TPSA) is 149 Å². The van der Waals surface area contributed by atoms with Crippen LogP contribution in [0.4, 0.5) is 0 Å². The van der Waals surface area contributed by atoms with Crippen molar-refractivity contribution in [3.8, 4) is 28.7 Å². The largest absolute Gasteiger partial charge is 0.488 e. The first-order chi connectivity index (χ1) is 25.1. The van der Waals surface area contributed by atoms with Crippen molar-refractivity contribution in [2.24, 2.45) is 0 Å². The maximum absolute atomic E-state index is 11.7. The molecule has 3 N–H and O–H groups in total. The fraction of sp³-hybridized carbons (Fsp3) is 0.375. The molecule has 1 aliphatic heterocycles. The van der Waals surface area contributed by atoms with Gasteiger partial charge in [-0.25, -0.2) is 0 Å². The number of benzene rings is 3. The van der Waals surface area contributed by atoms with Crippen molar-refractivity contribution < 1.29 is 34.3 Å². The summed E-state index contributed by atoms with van der Waals surface area (Å²) in [4.78, 5) is 19.5. The number of aliphatic hydroxyl groups is 2. The molecule has 52 heavy (non-hydrogen) atoms. The molecular weight excluding hydrogens is 684 g/mol. The second-order valence-electron chi connectivity index (χ2n) is 13.1. The quantitative estimate of drug-likeness (QED) is 0.118. The van der Waals surface area contributed by atoms with Gasteiger partial charge in [-0.15, -0.1) is 0 Å². The van der Waals surface area contributed by atoms with Gasteiger partial charge < -0.3 is 29.5 Å². The van der Waals surface area contributed by atoms with Gasteiger partial charge in [0.25, 0.3) is 0 Å². The van der Waals surface area contributed by atoms with E-state index in [4.69, 9.17) is 25.8 Å². The van der Waals surface area contributed by atoms with Crippen LogP contribution in [0.25, 0.3) is 11.1 Å². The van der Waals surface area contributed by atoms with Crippen molar-refractivity contribution in [3.63, 3.8) is 0 Å². The van der Waals surface area contributed by atoms with Crippen LogP contribution in [0.5, 0.6) is 11.5 Å². The molecular formula is C40H45ClN4O7. The predicted molar refractivity (Wildman–Crippen MR) is 197 cm³/mol. The third-order valence-corrected chi connectivity index (χ3v) is 9.76. The van der Waals surface area contributed by atoms with E-state index in [0.717, 1.165) is 52.9 Å². The Morgan fingerprint density at radius 1 is 1.02 bits per heavy atom. The molecule has 12 heteroatoms. The average Bonchev–Trinajstić information content (AvgIpc) is 3.55. The highest BCUT2D eigenvalue weighted by atomic mass is 35.5. The highest BCUT2D eigenvalue weighted by Gasteiger charge is 2.24. The first-order valence-corrected chi connectivity index (χ1v) is 17.6. The van der Waals surface area contributed by atoms with Crippen LogP contribution in [0.1, 0.15) is 45.4 Å². The number of carboxylic acids is 1. The third kappa shape index (κ3) is 9.86. The number of pyridine rings is 1. The number of likely N-dealkylation sites (N-methyl/N-ethyl adjacent to an activating group) is 1. The van der Waals surface area contributed by atoms with Crippen LogP contribution in [-0.4, -0.2) is 88.1 Å². The number of nitriles is 1. The fourth-order valence-corrected chi connectivity index (χ4v) is 6.57. The lowest BCUT2D eigenvalue weighted by molar-refractivity contribution is -0.144. The second kappa shape index (κ2) is 18.3. The van der Waals surface area contributed by atoms with Crippen molar-refractivity contribution in [1.29, 1.82) is 5.26 Å². The second-order valence-corrected chi connectivity index (χ2v) is 13.5. The van der Waals surface area contributed by atoms with Crippen LogP contribution in [0.3, 0.4) is 0 Å². The molecule has 2 atom stereocenters.